The number of likely N-dealkylation sites (tertiary alicyclic amines) is 1. The van der Waals surface area contributed by atoms with Crippen LogP contribution in [0.1, 0.15) is 37.9 Å². The molecule has 2 aliphatic heterocycles. The van der Waals surface area contributed by atoms with E-state index in [1.807, 2.05) is 6.92 Å². The number of hydrogen-bond donors (Lipinski definition) is 1. The van der Waals surface area contributed by atoms with Gasteiger partial charge in [-0.15, -0.1) is 0 Å². The van der Waals surface area contributed by atoms with Crippen molar-refractivity contribution in [1.82, 2.24) is 20.4 Å². The van der Waals surface area contributed by atoms with Crippen molar-refractivity contribution in [2.24, 2.45) is 0 Å². The fraction of sp³-hybridized carbons (Fsp3) is 0.786. The van der Waals surface area contributed by atoms with E-state index in [-0.39, 0.29) is 12.0 Å². The number of hydrogen-bond acceptors (Lipinski definition) is 7. The Morgan fingerprint density at radius 1 is 1.43 bits per heavy atom. The molecule has 0 bridgehead atoms. The predicted octanol–water partition coefficient (Wildman–Crippen LogP) is 0.502. The Labute approximate surface area is 124 Å². The monoisotopic (exact) mass is 294 g/mol. The summed E-state index contributed by atoms with van der Waals surface area (Å²) in [6.07, 6.45) is 3.74. The highest BCUT2D eigenvalue weighted by molar-refractivity contribution is 5.77. The molecule has 0 amide bonds. The Bertz CT molecular complexity index is 490. The molecular formula is C14H22N4O3. The second-order valence-corrected chi connectivity index (χ2v) is 5.71. The summed E-state index contributed by atoms with van der Waals surface area (Å²) >= 11 is 0. The van der Waals surface area contributed by atoms with Crippen LogP contribution >= 0.6 is 0 Å². The number of nitrogens with zero attached hydrogens (tertiary/aromatic N) is 3. The van der Waals surface area contributed by atoms with Crippen LogP contribution < -0.4 is 5.32 Å². The summed E-state index contributed by atoms with van der Waals surface area (Å²) in [6, 6.07) is 0.193. The molecule has 3 rings (SSSR count). The van der Waals surface area contributed by atoms with Crippen LogP contribution in [0.25, 0.3) is 0 Å². The molecule has 2 saturated heterocycles. The van der Waals surface area contributed by atoms with Crippen LogP contribution in [0.15, 0.2) is 4.52 Å². The number of aryl methyl sites for hydroxylation is 1. The van der Waals surface area contributed by atoms with E-state index in [0.29, 0.717) is 25.1 Å². The van der Waals surface area contributed by atoms with Crippen molar-refractivity contribution in [2.75, 3.05) is 19.7 Å². The lowest BCUT2D eigenvalue weighted by Crippen LogP contribution is -2.50. The van der Waals surface area contributed by atoms with Gasteiger partial charge in [0.05, 0.1) is 13.2 Å². The van der Waals surface area contributed by atoms with Crippen LogP contribution in [-0.2, 0) is 22.5 Å². The normalized spacial score (nSPS) is 27.0. The Hall–Kier alpha value is -1.47. The Balaban J connectivity index is 1.51. The van der Waals surface area contributed by atoms with E-state index < -0.39 is 0 Å². The number of esters is 1. The van der Waals surface area contributed by atoms with Crippen molar-refractivity contribution < 1.29 is 14.1 Å². The second-order valence-electron chi connectivity index (χ2n) is 5.71. The standard InChI is InChI=1S/C14H22N4O3/c1-2-13-16-12(17-21-13)9-18-6-3-4-10(8-18)15-11-5-7-20-14(11)19/h10-11,15H,2-9H2,1H3/t10-,11+/m1/s1. The van der Waals surface area contributed by atoms with E-state index in [4.69, 9.17) is 9.26 Å². The highest BCUT2D eigenvalue weighted by atomic mass is 16.5. The zero-order valence-electron chi connectivity index (χ0n) is 12.4. The number of ether oxygens (including phenoxy) is 1. The van der Waals surface area contributed by atoms with Crippen molar-refractivity contribution in [2.45, 2.75) is 51.2 Å². The van der Waals surface area contributed by atoms with Gasteiger partial charge in [-0.2, -0.15) is 4.98 Å². The average molecular weight is 294 g/mol. The van der Waals surface area contributed by atoms with Gasteiger partial charge in [-0.05, 0) is 19.4 Å². The molecular weight excluding hydrogens is 272 g/mol. The smallest absolute Gasteiger partial charge is 0.323 e. The first-order valence-corrected chi connectivity index (χ1v) is 7.71. The maximum Gasteiger partial charge on any atom is 0.323 e. The third kappa shape index (κ3) is 3.59. The van der Waals surface area contributed by atoms with Crippen molar-refractivity contribution in [3.63, 3.8) is 0 Å². The molecule has 0 saturated carbocycles. The molecule has 2 aliphatic rings. The number of cyclic esters (lactones) is 1. The molecule has 0 aliphatic carbocycles. The summed E-state index contributed by atoms with van der Waals surface area (Å²) in [6.45, 7) is 5.17. The predicted molar refractivity (Wildman–Crippen MR) is 74.5 cm³/mol. The van der Waals surface area contributed by atoms with Crippen molar-refractivity contribution >= 4 is 5.97 Å². The summed E-state index contributed by atoms with van der Waals surface area (Å²) in [5.41, 5.74) is 0. The summed E-state index contributed by atoms with van der Waals surface area (Å²) in [5.74, 6) is 1.32. The second kappa shape index (κ2) is 6.53. The summed E-state index contributed by atoms with van der Waals surface area (Å²) < 4.78 is 10.1. The molecule has 2 fully saturated rings. The number of piperidine rings is 1. The minimum absolute atomic E-state index is 0.113. The highest BCUT2D eigenvalue weighted by Crippen LogP contribution is 2.15. The van der Waals surface area contributed by atoms with Crippen LogP contribution in [0.2, 0.25) is 0 Å². The lowest BCUT2D eigenvalue weighted by molar-refractivity contribution is -0.139. The van der Waals surface area contributed by atoms with E-state index in [1.54, 1.807) is 0 Å². The van der Waals surface area contributed by atoms with Crippen LogP contribution in [0.4, 0.5) is 0 Å². The molecule has 116 valence electrons. The zero-order valence-corrected chi connectivity index (χ0v) is 12.4. The molecule has 1 N–H and O–H groups in total. The first-order valence-electron chi connectivity index (χ1n) is 7.71. The molecule has 1 aromatic heterocycles. The van der Waals surface area contributed by atoms with E-state index in [1.165, 1.54) is 0 Å². The van der Waals surface area contributed by atoms with Crippen LogP contribution in [0.3, 0.4) is 0 Å². The third-order valence-electron chi connectivity index (χ3n) is 4.06. The lowest BCUT2D eigenvalue weighted by Gasteiger charge is -2.33. The number of carbonyl (C=O) groups excluding carboxylic acids is 1. The van der Waals surface area contributed by atoms with E-state index in [2.05, 4.69) is 20.4 Å². The molecule has 7 heteroatoms. The van der Waals surface area contributed by atoms with Gasteiger partial charge in [-0.3, -0.25) is 9.69 Å². The maximum atomic E-state index is 11.5. The van der Waals surface area contributed by atoms with Gasteiger partial charge in [-0.25, -0.2) is 0 Å². The molecule has 0 aromatic carbocycles. The quantitative estimate of drug-likeness (QED) is 0.792. The first-order chi connectivity index (χ1) is 10.2. The zero-order chi connectivity index (χ0) is 14.7. The summed E-state index contributed by atoms with van der Waals surface area (Å²) in [4.78, 5) is 18.2. The van der Waals surface area contributed by atoms with E-state index in [0.717, 1.165) is 44.6 Å². The maximum absolute atomic E-state index is 11.5. The summed E-state index contributed by atoms with van der Waals surface area (Å²) in [5, 5.41) is 7.42. The molecule has 0 spiro atoms. The van der Waals surface area contributed by atoms with Gasteiger partial charge >= 0.3 is 5.97 Å². The van der Waals surface area contributed by atoms with Gasteiger partial charge in [0, 0.05) is 25.4 Å². The Morgan fingerprint density at radius 3 is 3.05 bits per heavy atom. The number of nitrogens with one attached hydrogen (secondary N) is 1. The SMILES string of the molecule is CCc1nc(CN2CCC[C@@H](N[C@H]3CCOC3=O)C2)no1. The molecule has 0 radical (unpaired) electrons. The first kappa shape index (κ1) is 14.5. The van der Waals surface area contributed by atoms with Gasteiger partial charge in [0.2, 0.25) is 5.89 Å². The lowest BCUT2D eigenvalue weighted by atomic mass is 10.0. The van der Waals surface area contributed by atoms with E-state index >= 15 is 0 Å². The molecule has 1 aromatic rings. The molecule has 3 heterocycles. The van der Waals surface area contributed by atoms with Gasteiger partial charge in [0.25, 0.3) is 0 Å². The third-order valence-corrected chi connectivity index (χ3v) is 4.06. The fourth-order valence-electron chi connectivity index (χ4n) is 2.96. The minimum Gasteiger partial charge on any atom is -0.464 e. The molecule has 21 heavy (non-hydrogen) atoms. The van der Waals surface area contributed by atoms with E-state index in [9.17, 15) is 4.79 Å². The molecule has 7 nitrogen and oxygen atoms in total. The minimum atomic E-state index is -0.133. The van der Waals surface area contributed by atoms with Gasteiger partial charge in [0.15, 0.2) is 5.82 Å². The van der Waals surface area contributed by atoms with Gasteiger partial charge < -0.3 is 14.6 Å². The highest BCUT2D eigenvalue weighted by Gasteiger charge is 2.30. The average Bonchev–Trinajstić information content (AvgIpc) is 3.09. The van der Waals surface area contributed by atoms with Crippen LogP contribution in [0, 0.1) is 0 Å². The Morgan fingerprint density at radius 2 is 2.33 bits per heavy atom. The topological polar surface area (TPSA) is 80.5 Å². The number of carbonyl (C=O) groups is 1. The molecule has 2 atom stereocenters. The van der Waals surface area contributed by atoms with Crippen molar-refractivity contribution in [3.05, 3.63) is 11.7 Å². The van der Waals surface area contributed by atoms with Gasteiger partial charge in [-0.1, -0.05) is 12.1 Å². The number of aromatic nitrogens is 2. The summed E-state index contributed by atoms with van der Waals surface area (Å²) in [7, 11) is 0. The largest absolute Gasteiger partial charge is 0.464 e. The Kier molecular flexibility index (Phi) is 4.50. The van der Waals surface area contributed by atoms with Crippen molar-refractivity contribution in [1.29, 1.82) is 0 Å². The van der Waals surface area contributed by atoms with Crippen LogP contribution in [-0.4, -0.2) is 52.8 Å². The van der Waals surface area contributed by atoms with Crippen LogP contribution in [0.5, 0.6) is 0 Å². The van der Waals surface area contributed by atoms with Crippen molar-refractivity contribution in [3.8, 4) is 0 Å². The number of rotatable bonds is 5. The fourth-order valence-corrected chi connectivity index (χ4v) is 2.96. The van der Waals surface area contributed by atoms with Gasteiger partial charge in [0.1, 0.15) is 6.04 Å². The molecule has 0 unspecified atom stereocenters.